The van der Waals surface area contributed by atoms with E-state index in [2.05, 4.69) is 5.92 Å². The number of hydrogen-bond donors (Lipinski definition) is 0. The molecule has 0 unspecified atom stereocenters. The zero-order chi connectivity index (χ0) is 15.5. The number of hydrogen-bond acceptors (Lipinski definition) is 5. The van der Waals surface area contributed by atoms with Crippen molar-refractivity contribution in [3.05, 3.63) is 12.2 Å². The van der Waals surface area contributed by atoms with Crippen LogP contribution in [0.15, 0.2) is 12.2 Å². The molecule has 0 saturated carbocycles. The Balaban J connectivity index is 1.98. The molecule has 2 fully saturated rings. The van der Waals surface area contributed by atoms with Gasteiger partial charge in [-0.15, -0.1) is 6.42 Å². The van der Waals surface area contributed by atoms with Crippen LogP contribution in [0.3, 0.4) is 0 Å². The SMILES string of the molecule is C#C/C=C/C[C@H]1O[C@@H]([C@@H]2COC(C)(C)O2)C[C@H]1OC(C)=O. The first kappa shape index (κ1) is 16.0. The summed E-state index contributed by atoms with van der Waals surface area (Å²) in [6.45, 7) is 5.63. The van der Waals surface area contributed by atoms with Crippen molar-refractivity contribution in [3.8, 4) is 12.3 Å². The lowest BCUT2D eigenvalue weighted by Crippen LogP contribution is -2.30. The van der Waals surface area contributed by atoms with Gasteiger partial charge in [-0.25, -0.2) is 0 Å². The summed E-state index contributed by atoms with van der Waals surface area (Å²) in [4.78, 5) is 11.2. The Hall–Kier alpha value is -1.35. The number of carbonyl (C=O) groups excluding carboxylic acids is 1. The van der Waals surface area contributed by atoms with Crippen LogP contribution >= 0.6 is 0 Å². The first-order valence-corrected chi connectivity index (χ1v) is 7.17. The molecule has 0 spiro atoms. The van der Waals surface area contributed by atoms with Gasteiger partial charge < -0.3 is 18.9 Å². The number of carbonyl (C=O) groups is 1. The van der Waals surface area contributed by atoms with Gasteiger partial charge in [0, 0.05) is 13.3 Å². The molecular weight excluding hydrogens is 272 g/mol. The molecular formula is C16H22O5. The Morgan fingerprint density at radius 3 is 2.81 bits per heavy atom. The second-order valence-corrected chi connectivity index (χ2v) is 5.77. The van der Waals surface area contributed by atoms with Crippen LogP contribution in [-0.2, 0) is 23.7 Å². The fourth-order valence-corrected chi connectivity index (χ4v) is 2.70. The molecule has 2 rings (SSSR count). The fraction of sp³-hybridized carbons (Fsp3) is 0.688. The molecule has 116 valence electrons. The van der Waals surface area contributed by atoms with Crippen LogP contribution in [-0.4, -0.2) is 42.8 Å². The number of esters is 1. The second-order valence-electron chi connectivity index (χ2n) is 5.77. The average molecular weight is 294 g/mol. The fourth-order valence-electron chi connectivity index (χ4n) is 2.70. The maximum atomic E-state index is 11.2. The van der Waals surface area contributed by atoms with Crippen molar-refractivity contribution in [2.75, 3.05) is 6.61 Å². The third kappa shape index (κ3) is 4.31. The zero-order valence-electron chi connectivity index (χ0n) is 12.7. The van der Waals surface area contributed by atoms with Crippen LogP contribution in [0, 0.1) is 12.3 Å². The van der Waals surface area contributed by atoms with Crippen LogP contribution in [0.1, 0.15) is 33.6 Å². The number of allylic oxidation sites excluding steroid dienone is 1. The van der Waals surface area contributed by atoms with Gasteiger partial charge in [0.2, 0.25) is 0 Å². The molecule has 2 saturated heterocycles. The summed E-state index contributed by atoms with van der Waals surface area (Å²) in [7, 11) is 0. The highest BCUT2D eigenvalue weighted by Gasteiger charge is 2.45. The molecule has 0 radical (unpaired) electrons. The van der Waals surface area contributed by atoms with Crippen LogP contribution in [0.25, 0.3) is 0 Å². The van der Waals surface area contributed by atoms with Gasteiger partial charge in [0.25, 0.3) is 0 Å². The number of ether oxygens (including phenoxy) is 4. The molecule has 2 aliphatic heterocycles. The van der Waals surface area contributed by atoms with E-state index in [0.29, 0.717) is 19.4 Å². The number of rotatable bonds is 4. The van der Waals surface area contributed by atoms with Crippen molar-refractivity contribution in [3.63, 3.8) is 0 Å². The van der Waals surface area contributed by atoms with Crippen molar-refractivity contribution >= 4 is 5.97 Å². The molecule has 0 bridgehead atoms. The standard InChI is InChI=1S/C16H22O5/c1-5-6-7-8-12-13(19-11(2)17)9-14(20-12)15-10-18-16(3,4)21-15/h1,6-7,12-15H,8-10H2,2-4H3/b7-6+/t12-,13-,14-,15+/m1/s1. The molecule has 5 heteroatoms. The third-order valence-electron chi connectivity index (χ3n) is 3.57. The quantitative estimate of drug-likeness (QED) is 0.584. The van der Waals surface area contributed by atoms with Crippen LogP contribution in [0.2, 0.25) is 0 Å². The van der Waals surface area contributed by atoms with E-state index in [-0.39, 0.29) is 30.4 Å². The molecule has 5 nitrogen and oxygen atoms in total. The highest BCUT2D eigenvalue weighted by atomic mass is 16.8. The predicted octanol–water partition coefficient (Wildman–Crippen LogP) is 1.81. The van der Waals surface area contributed by atoms with E-state index in [1.54, 1.807) is 6.08 Å². The van der Waals surface area contributed by atoms with E-state index in [1.165, 1.54) is 6.92 Å². The lowest BCUT2D eigenvalue weighted by atomic mass is 10.1. The third-order valence-corrected chi connectivity index (χ3v) is 3.57. The zero-order valence-corrected chi connectivity index (χ0v) is 12.7. The lowest BCUT2D eigenvalue weighted by molar-refractivity contribution is -0.155. The minimum Gasteiger partial charge on any atom is -0.460 e. The number of terminal acetylenes is 1. The topological polar surface area (TPSA) is 54.0 Å². The van der Waals surface area contributed by atoms with Crippen LogP contribution < -0.4 is 0 Å². The summed E-state index contributed by atoms with van der Waals surface area (Å²) in [5, 5.41) is 0. The van der Waals surface area contributed by atoms with E-state index >= 15 is 0 Å². The van der Waals surface area contributed by atoms with Crippen molar-refractivity contribution < 1.29 is 23.7 Å². The van der Waals surface area contributed by atoms with E-state index in [0.717, 1.165) is 0 Å². The van der Waals surface area contributed by atoms with Crippen molar-refractivity contribution in [1.82, 2.24) is 0 Å². The monoisotopic (exact) mass is 294 g/mol. The van der Waals surface area contributed by atoms with Crippen molar-refractivity contribution in [2.45, 2.75) is 63.8 Å². The lowest BCUT2D eigenvalue weighted by Gasteiger charge is -2.20. The summed E-state index contributed by atoms with van der Waals surface area (Å²) < 4.78 is 22.7. The first-order valence-electron chi connectivity index (χ1n) is 7.17. The molecule has 21 heavy (non-hydrogen) atoms. The average Bonchev–Trinajstić information content (AvgIpc) is 2.93. The molecule has 0 aromatic rings. The molecule has 0 aromatic heterocycles. The van der Waals surface area contributed by atoms with E-state index in [9.17, 15) is 4.79 Å². The summed E-state index contributed by atoms with van der Waals surface area (Å²) in [6.07, 6.45) is 9.12. The van der Waals surface area contributed by atoms with Crippen LogP contribution in [0.4, 0.5) is 0 Å². The molecule has 2 aliphatic rings. The summed E-state index contributed by atoms with van der Waals surface area (Å²) in [5.74, 6) is 1.54. The van der Waals surface area contributed by atoms with Crippen molar-refractivity contribution in [1.29, 1.82) is 0 Å². The first-order chi connectivity index (χ1) is 9.91. The van der Waals surface area contributed by atoms with Gasteiger partial charge >= 0.3 is 5.97 Å². The molecule has 0 aromatic carbocycles. The molecule has 0 aliphatic carbocycles. The van der Waals surface area contributed by atoms with Gasteiger partial charge in [-0.05, 0) is 26.3 Å². The van der Waals surface area contributed by atoms with Gasteiger partial charge in [-0.3, -0.25) is 4.79 Å². The predicted molar refractivity (Wildman–Crippen MR) is 76.3 cm³/mol. The summed E-state index contributed by atoms with van der Waals surface area (Å²) in [6, 6.07) is 0. The normalized spacial score (nSPS) is 35.0. The summed E-state index contributed by atoms with van der Waals surface area (Å²) in [5.41, 5.74) is 0. The van der Waals surface area contributed by atoms with Crippen molar-refractivity contribution in [2.24, 2.45) is 0 Å². The Morgan fingerprint density at radius 2 is 2.24 bits per heavy atom. The smallest absolute Gasteiger partial charge is 0.302 e. The molecule has 2 heterocycles. The Bertz CT molecular complexity index is 448. The maximum absolute atomic E-state index is 11.2. The van der Waals surface area contributed by atoms with Gasteiger partial charge in [-0.1, -0.05) is 12.0 Å². The maximum Gasteiger partial charge on any atom is 0.302 e. The molecule has 0 amide bonds. The Kier molecular flexibility index (Phi) is 5.04. The van der Waals surface area contributed by atoms with E-state index < -0.39 is 5.79 Å². The second kappa shape index (κ2) is 6.61. The largest absolute Gasteiger partial charge is 0.460 e. The van der Waals surface area contributed by atoms with Gasteiger partial charge in [0.05, 0.1) is 18.8 Å². The van der Waals surface area contributed by atoms with E-state index in [1.807, 2.05) is 19.9 Å². The molecule has 0 N–H and O–H groups in total. The Morgan fingerprint density at radius 1 is 1.48 bits per heavy atom. The minimum atomic E-state index is -0.591. The Labute approximate surface area is 125 Å². The van der Waals surface area contributed by atoms with E-state index in [4.69, 9.17) is 25.4 Å². The van der Waals surface area contributed by atoms with Crippen LogP contribution in [0.5, 0.6) is 0 Å². The molecule has 4 atom stereocenters. The minimum absolute atomic E-state index is 0.139. The van der Waals surface area contributed by atoms with Gasteiger partial charge in [0.15, 0.2) is 5.79 Å². The van der Waals surface area contributed by atoms with Gasteiger partial charge in [-0.2, -0.15) is 0 Å². The summed E-state index contributed by atoms with van der Waals surface area (Å²) >= 11 is 0. The highest BCUT2D eigenvalue weighted by Crippen LogP contribution is 2.34. The van der Waals surface area contributed by atoms with Gasteiger partial charge in [0.1, 0.15) is 12.2 Å². The highest BCUT2D eigenvalue weighted by molar-refractivity contribution is 5.66.